The minimum Gasteiger partial charge on any atom is -0.293 e. The Bertz CT molecular complexity index is 304. The molecule has 0 unspecified atom stereocenters. The minimum atomic E-state index is -0.604. The van der Waals surface area contributed by atoms with E-state index in [9.17, 15) is 9.59 Å². The molecule has 5 heteroatoms. The van der Waals surface area contributed by atoms with Gasteiger partial charge in [0, 0.05) is 6.92 Å². The largest absolute Gasteiger partial charge is 0.362 e. The van der Waals surface area contributed by atoms with Crippen molar-refractivity contribution >= 4 is 5.78 Å². The molecule has 0 saturated carbocycles. The maximum absolute atomic E-state index is 10.5. The molecule has 10 heavy (non-hydrogen) atoms. The molecule has 0 saturated heterocycles. The van der Waals surface area contributed by atoms with E-state index in [1.165, 1.54) is 13.1 Å². The number of ketones is 1. The number of hydrogen-bond donors (Lipinski definition) is 1. The standard InChI is InChI=1S/C5H5N3O2/c1-3(9)4-2-6-8-5(10)7-4/h2H,1H3,(H,7,8,10). The fourth-order valence-corrected chi connectivity index (χ4v) is 0.482. The number of aromatic amines is 1. The monoisotopic (exact) mass is 139 g/mol. The van der Waals surface area contributed by atoms with Gasteiger partial charge in [-0.15, -0.1) is 0 Å². The first-order chi connectivity index (χ1) is 4.70. The molecule has 1 aromatic rings. The number of nitrogens with one attached hydrogen (secondary N) is 1. The van der Waals surface area contributed by atoms with E-state index >= 15 is 0 Å². The second kappa shape index (κ2) is 2.38. The van der Waals surface area contributed by atoms with Gasteiger partial charge in [-0.2, -0.15) is 10.1 Å². The molecule has 52 valence electrons. The van der Waals surface area contributed by atoms with Gasteiger partial charge in [0.05, 0.1) is 6.20 Å². The van der Waals surface area contributed by atoms with Crippen molar-refractivity contribution in [3.63, 3.8) is 0 Å². The number of nitrogens with zero attached hydrogens (tertiary/aromatic N) is 2. The van der Waals surface area contributed by atoms with Crippen LogP contribution in [0.4, 0.5) is 0 Å². The summed E-state index contributed by atoms with van der Waals surface area (Å²) in [5.74, 6) is -0.265. The van der Waals surface area contributed by atoms with Crippen LogP contribution >= 0.6 is 0 Å². The molecule has 1 heterocycles. The van der Waals surface area contributed by atoms with E-state index in [2.05, 4.69) is 15.2 Å². The molecule has 1 aromatic heterocycles. The van der Waals surface area contributed by atoms with E-state index in [0.29, 0.717) is 0 Å². The molecule has 0 atom stereocenters. The quantitative estimate of drug-likeness (QED) is 0.525. The fourth-order valence-electron chi connectivity index (χ4n) is 0.482. The first kappa shape index (κ1) is 6.60. The van der Waals surface area contributed by atoms with Crippen LogP contribution in [0.25, 0.3) is 0 Å². The van der Waals surface area contributed by atoms with Crippen molar-refractivity contribution in [3.8, 4) is 0 Å². The lowest BCUT2D eigenvalue weighted by Crippen LogP contribution is -2.15. The van der Waals surface area contributed by atoms with Crippen LogP contribution in [0.2, 0.25) is 0 Å². The third-order valence-corrected chi connectivity index (χ3v) is 0.930. The second-order valence-electron chi connectivity index (χ2n) is 1.73. The van der Waals surface area contributed by atoms with Gasteiger partial charge in [-0.1, -0.05) is 0 Å². The third-order valence-electron chi connectivity index (χ3n) is 0.930. The summed E-state index contributed by atoms with van der Waals surface area (Å²) >= 11 is 0. The average Bonchev–Trinajstić information content (AvgIpc) is 1.88. The van der Waals surface area contributed by atoms with E-state index < -0.39 is 5.69 Å². The predicted molar refractivity (Wildman–Crippen MR) is 32.7 cm³/mol. The first-order valence-corrected chi connectivity index (χ1v) is 2.63. The van der Waals surface area contributed by atoms with Gasteiger partial charge in [0.1, 0.15) is 5.69 Å². The minimum absolute atomic E-state index is 0.0868. The molecular weight excluding hydrogens is 134 g/mol. The Morgan fingerprint density at radius 1 is 1.70 bits per heavy atom. The zero-order valence-electron chi connectivity index (χ0n) is 5.29. The second-order valence-corrected chi connectivity index (χ2v) is 1.73. The number of carbonyl (C=O) groups is 1. The molecule has 0 spiro atoms. The summed E-state index contributed by atoms with van der Waals surface area (Å²) in [7, 11) is 0. The highest BCUT2D eigenvalue weighted by molar-refractivity contribution is 5.91. The Kier molecular flexibility index (Phi) is 1.57. The van der Waals surface area contributed by atoms with Crippen molar-refractivity contribution in [1.29, 1.82) is 0 Å². The molecule has 0 amide bonds. The smallest absolute Gasteiger partial charge is 0.293 e. The van der Waals surface area contributed by atoms with E-state index in [4.69, 9.17) is 0 Å². The molecule has 0 aliphatic rings. The van der Waals surface area contributed by atoms with Gasteiger partial charge < -0.3 is 0 Å². The van der Waals surface area contributed by atoms with Gasteiger partial charge in [0.25, 0.3) is 0 Å². The highest BCUT2D eigenvalue weighted by Crippen LogP contribution is 1.85. The van der Waals surface area contributed by atoms with Crippen LogP contribution < -0.4 is 5.69 Å². The maximum Gasteiger partial charge on any atom is 0.362 e. The number of hydrogen-bond acceptors (Lipinski definition) is 4. The highest BCUT2D eigenvalue weighted by atomic mass is 16.1. The zero-order chi connectivity index (χ0) is 7.56. The SMILES string of the molecule is CC(=O)c1cn[nH]c(=O)n1. The summed E-state index contributed by atoms with van der Waals surface area (Å²) in [6.45, 7) is 1.32. The molecule has 0 bridgehead atoms. The topological polar surface area (TPSA) is 75.7 Å². The normalized spacial score (nSPS) is 9.30. The summed E-state index contributed by atoms with van der Waals surface area (Å²) in [5, 5.41) is 5.44. The molecule has 0 aliphatic carbocycles. The van der Waals surface area contributed by atoms with E-state index in [0.717, 1.165) is 0 Å². The molecule has 1 N–H and O–H groups in total. The summed E-state index contributed by atoms with van der Waals surface area (Å²) in [6.07, 6.45) is 1.21. The summed E-state index contributed by atoms with van der Waals surface area (Å²) < 4.78 is 0. The fraction of sp³-hybridized carbons (Fsp3) is 0.200. The lowest BCUT2D eigenvalue weighted by molar-refractivity contribution is 0.101. The van der Waals surface area contributed by atoms with Crippen molar-refractivity contribution in [2.24, 2.45) is 0 Å². The molecule has 0 fully saturated rings. The van der Waals surface area contributed by atoms with Gasteiger partial charge in [0.15, 0.2) is 5.78 Å². The van der Waals surface area contributed by atoms with Crippen molar-refractivity contribution < 1.29 is 4.79 Å². The Balaban J connectivity index is 3.20. The van der Waals surface area contributed by atoms with E-state index in [1.807, 2.05) is 0 Å². The average molecular weight is 139 g/mol. The molecular formula is C5H5N3O2. The number of rotatable bonds is 1. The molecule has 0 aromatic carbocycles. The number of aromatic nitrogens is 3. The number of H-pyrrole nitrogens is 1. The van der Waals surface area contributed by atoms with E-state index in [1.54, 1.807) is 0 Å². The van der Waals surface area contributed by atoms with Crippen LogP contribution in [-0.4, -0.2) is 21.0 Å². The molecule has 0 radical (unpaired) electrons. The Morgan fingerprint density at radius 3 is 2.80 bits per heavy atom. The van der Waals surface area contributed by atoms with Crippen LogP contribution in [0.3, 0.4) is 0 Å². The lowest BCUT2D eigenvalue weighted by atomic mass is 10.3. The van der Waals surface area contributed by atoms with Crippen molar-refractivity contribution in [3.05, 3.63) is 22.4 Å². The van der Waals surface area contributed by atoms with Gasteiger partial charge >= 0.3 is 5.69 Å². The zero-order valence-corrected chi connectivity index (χ0v) is 5.29. The Hall–Kier alpha value is -1.52. The van der Waals surface area contributed by atoms with E-state index in [-0.39, 0.29) is 11.5 Å². The lowest BCUT2D eigenvalue weighted by Gasteiger charge is -1.87. The van der Waals surface area contributed by atoms with Crippen molar-refractivity contribution in [1.82, 2.24) is 15.2 Å². The third kappa shape index (κ3) is 1.25. The summed E-state index contributed by atoms with van der Waals surface area (Å²) in [5.41, 5.74) is -0.517. The molecule has 5 nitrogen and oxygen atoms in total. The Morgan fingerprint density at radius 2 is 2.40 bits per heavy atom. The van der Waals surface area contributed by atoms with Gasteiger partial charge in [0.2, 0.25) is 0 Å². The van der Waals surface area contributed by atoms with Crippen LogP contribution in [0.15, 0.2) is 11.0 Å². The molecule has 0 aliphatic heterocycles. The van der Waals surface area contributed by atoms with Crippen LogP contribution in [-0.2, 0) is 0 Å². The maximum atomic E-state index is 10.5. The van der Waals surface area contributed by atoms with Gasteiger partial charge in [-0.25, -0.2) is 9.89 Å². The van der Waals surface area contributed by atoms with Crippen LogP contribution in [0, 0.1) is 0 Å². The van der Waals surface area contributed by atoms with Crippen molar-refractivity contribution in [2.75, 3.05) is 0 Å². The van der Waals surface area contributed by atoms with Crippen LogP contribution in [0.5, 0.6) is 0 Å². The number of Topliss-reactive ketones (excluding diaryl/α,β-unsaturated/α-hetero) is 1. The summed E-state index contributed by atoms with van der Waals surface area (Å²) in [4.78, 5) is 24.3. The first-order valence-electron chi connectivity index (χ1n) is 2.63. The van der Waals surface area contributed by atoms with Crippen LogP contribution in [0.1, 0.15) is 17.4 Å². The Labute approximate surface area is 56.1 Å². The predicted octanol–water partition coefficient (Wildman–Crippen LogP) is -0.633. The summed E-state index contributed by atoms with van der Waals surface area (Å²) in [6, 6.07) is 0. The van der Waals surface area contributed by atoms with Gasteiger partial charge in [-0.05, 0) is 0 Å². The van der Waals surface area contributed by atoms with Crippen molar-refractivity contribution in [2.45, 2.75) is 6.92 Å². The molecule has 1 rings (SSSR count). The van der Waals surface area contributed by atoms with Gasteiger partial charge in [-0.3, -0.25) is 4.79 Å². The highest BCUT2D eigenvalue weighted by Gasteiger charge is 1.99. The number of carbonyl (C=O) groups excluding carboxylic acids is 1.